The molecule has 2 nitrogen and oxygen atoms in total. The molecule has 0 unspecified atom stereocenters. The van der Waals surface area contributed by atoms with Gasteiger partial charge in [0.05, 0.1) is 0 Å². The quantitative estimate of drug-likeness (QED) is 0.769. The van der Waals surface area contributed by atoms with Gasteiger partial charge in [-0.25, -0.2) is 0 Å². The van der Waals surface area contributed by atoms with E-state index in [9.17, 15) is 0 Å². The number of benzene rings is 1. The lowest BCUT2D eigenvalue weighted by Crippen LogP contribution is -2.12. The second-order valence-electron chi connectivity index (χ2n) is 4.57. The highest BCUT2D eigenvalue weighted by atomic mass is 14.8. The fourth-order valence-electron chi connectivity index (χ4n) is 2.42. The average Bonchev–Trinajstić information content (AvgIpc) is 3.00. The third-order valence-corrected chi connectivity index (χ3v) is 3.41. The number of aryl methyl sites for hydroxylation is 1. The lowest BCUT2D eigenvalue weighted by Gasteiger charge is -2.10. The van der Waals surface area contributed by atoms with Crippen molar-refractivity contribution in [3.05, 3.63) is 35.5 Å². The SMILES string of the molecule is Cc1[nH]c2ccccc2c1[C@H](N)C1CC1. The van der Waals surface area contributed by atoms with Crippen molar-refractivity contribution in [2.75, 3.05) is 0 Å². The topological polar surface area (TPSA) is 41.8 Å². The minimum atomic E-state index is 0.223. The molecular formula is C13H16N2. The number of aromatic nitrogens is 1. The van der Waals surface area contributed by atoms with Gasteiger partial charge in [-0.2, -0.15) is 0 Å². The van der Waals surface area contributed by atoms with E-state index in [2.05, 4.69) is 36.2 Å². The van der Waals surface area contributed by atoms with E-state index < -0.39 is 0 Å². The van der Waals surface area contributed by atoms with Crippen LogP contribution >= 0.6 is 0 Å². The van der Waals surface area contributed by atoms with Crippen LogP contribution in [0.25, 0.3) is 10.9 Å². The predicted molar refractivity (Wildman–Crippen MR) is 62.7 cm³/mol. The van der Waals surface area contributed by atoms with Gasteiger partial charge >= 0.3 is 0 Å². The molecule has 0 spiro atoms. The summed E-state index contributed by atoms with van der Waals surface area (Å²) in [6.07, 6.45) is 2.58. The lowest BCUT2D eigenvalue weighted by molar-refractivity contribution is 0.634. The molecule has 0 radical (unpaired) electrons. The van der Waals surface area contributed by atoms with Gasteiger partial charge in [0, 0.05) is 22.6 Å². The normalized spacial score (nSPS) is 18.3. The molecule has 3 N–H and O–H groups in total. The van der Waals surface area contributed by atoms with Gasteiger partial charge in [-0.3, -0.25) is 0 Å². The summed E-state index contributed by atoms with van der Waals surface area (Å²) >= 11 is 0. The minimum absolute atomic E-state index is 0.223. The van der Waals surface area contributed by atoms with Crippen LogP contribution in [0.5, 0.6) is 0 Å². The van der Waals surface area contributed by atoms with Gasteiger partial charge in [0.2, 0.25) is 0 Å². The summed E-state index contributed by atoms with van der Waals surface area (Å²) in [6.45, 7) is 2.12. The molecule has 0 saturated heterocycles. The average molecular weight is 200 g/mol. The largest absolute Gasteiger partial charge is 0.358 e. The van der Waals surface area contributed by atoms with Crippen LogP contribution in [0.3, 0.4) is 0 Å². The molecule has 0 bridgehead atoms. The smallest absolute Gasteiger partial charge is 0.0459 e. The summed E-state index contributed by atoms with van der Waals surface area (Å²) in [7, 11) is 0. The summed E-state index contributed by atoms with van der Waals surface area (Å²) in [5.74, 6) is 0.711. The van der Waals surface area contributed by atoms with Gasteiger partial charge in [0.25, 0.3) is 0 Å². The summed E-state index contributed by atoms with van der Waals surface area (Å²) in [5.41, 5.74) is 10.1. The Morgan fingerprint density at radius 1 is 1.33 bits per heavy atom. The fraction of sp³-hybridized carbons (Fsp3) is 0.385. The van der Waals surface area contributed by atoms with Crippen LogP contribution in [-0.4, -0.2) is 4.98 Å². The highest BCUT2D eigenvalue weighted by molar-refractivity contribution is 5.85. The molecule has 1 aliphatic carbocycles. The number of fused-ring (bicyclic) bond motifs is 1. The Morgan fingerprint density at radius 3 is 2.80 bits per heavy atom. The van der Waals surface area contributed by atoms with E-state index in [-0.39, 0.29) is 6.04 Å². The Morgan fingerprint density at radius 2 is 2.07 bits per heavy atom. The third-order valence-electron chi connectivity index (χ3n) is 3.41. The Hall–Kier alpha value is -1.28. The van der Waals surface area contributed by atoms with Crippen LogP contribution in [0.1, 0.15) is 30.1 Å². The molecule has 1 atom stereocenters. The molecule has 1 aromatic heterocycles. The molecule has 0 aliphatic heterocycles. The van der Waals surface area contributed by atoms with Crippen molar-refractivity contribution in [3.8, 4) is 0 Å². The summed E-state index contributed by atoms with van der Waals surface area (Å²) < 4.78 is 0. The van der Waals surface area contributed by atoms with Gasteiger partial charge in [-0.05, 0) is 37.3 Å². The van der Waals surface area contributed by atoms with Crippen molar-refractivity contribution < 1.29 is 0 Å². The number of aromatic amines is 1. The van der Waals surface area contributed by atoms with E-state index in [4.69, 9.17) is 5.73 Å². The van der Waals surface area contributed by atoms with Crippen LogP contribution in [0, 0.1) is 12.8 Å². The summed E-state index contributed by atoms with van der Waals surface area (Å²) in [5, 5.41) is 1.30. The lowest BCUT2D eigenvalue weighted by atomic mass is 10.00. The van der Waals surface area contributed by atoms with Crippen molar-refractivity contribution in [2.45, 2.75) is 25.8 Å². The van der Waals surface area contributed by atoms with E-state index in [1.165, 1.54) is 35.0 Å². The predicted octanol–water partition coefficient (Wildman–Crippen LogP) is 2.89. The molecule has 2 heteroatoms. The first-order valence-electron chi connectivity index (χ1n) is 5.60. The van der Waals surface area contributed by atoms with E-state index >= 15 is 0 Å². The van der Waals surface area contributed by atoms with Gasteiger partial charge in [0.15, 0.2) is 0 Å². The highest BCUT2D eigenvalue weighted by Gasteiger charge is 2.31. The molecule has 2 aromatic rings. The first-order valence-corrected chi connectivity index (χ1v) is 5.60. The molecule has 1 aliphatic rings. The van der Waals surface area contributed by atoms with Crippen molar-refractivity contribution in [1.29, 1.82) is 0 Å². The first-order chi connectivity index (χ1) is 7.27. The number of para-hydroxylation sites is 1. The molecule has 0 amide bonds. The maximum Gasteiger partial charge on any atom is 0.0459 e. The Bertz CT molecular complexity index is 494. The van der Waals surface area contributed by atoms with Crippen molar-refractivity contribution in [3.63, 3.8) is 0 Å². The number of hydrogen-bond donors (Lipinski definition) is 2. The maximum absolute atomic E-state index is 6.29. The van der Waals surface area contributed by atoms with E-state index in [1.807, 2.05) is 0 Å². The Balaban J connectivity index is 2.18. The Kier molecular flexibility index (Phi) is 1.86. The zero-order valence-electron chi connectivity index (χ0n) is 8.96. The monoisotopic (exact) mass is 200 g/mol. The Labute approximate surface area is 89.5 Å². The molecule has 1 saturated carbocycles. The zero-order chi connectivity index (χ0) is 10.4. The molecule has 1 fully saturated rings. The van der Waals surface area contributed by atoms with E-state index in [0.717, 1.165) is 0 Å². The summed E-state index contributed by atoms with van der Waals surface area (Å²) in [6, 6.07) is 8.65. The fourth-order valence-corrected chi connectivity index (χ4v) is 2.42. The molecule has 1 heterocycles. The molecule has 3 rings (SSSR count). The third kappa shape index (κ3) is 1.37. The van der Waals surface area contributed by atoms with Crippen LogP contribution in [0.4, 0.5) is 0 Å². The number of nitrogens with one attached hydrogen (secondary N) is 1. The molecule has 15 heavy (non-hydrogen) atoms. The van der Waals surface area contributed by atoms with E-state index in [1.54, 1.807) is 0 Å². The van der Waals surface area contributed by atoms with E-state index in [0.29, 0.717) is 5.92 Å². The first kappa shape index (κ1) is 8.98. The second kappa shape index (κ2) is 3.11. The maximum atomic E-state index is 6.29. The second-order valence-corrected chi connectivity index (χ2v) is 4.57. The molecule has 78 valence electrons. The minimum Gasteiger partial charge on any atom is -0.358 e. The highest BCUT2D eigenvalue weighted by Crippen LogP contribution is 2.42. The van der Waals surface area contributed by atoms with Gasteiger partial charge in [-0.15, -0.1) is 0 Å². The van der Waals surface area contributed by atoms with Crippen molar-refractivity contribution in [1.82, 2.24) is 4.98 Å². The van der Waals surface area contributed by atoms with Crippen molar-refractivity contribution >= 4 is 10.9 Å². The number of hydrogen-bond acceptors (Lipinski definition) is 1. The summed E-state index contributed by atoms with van der Waals surface area (Å²) in [4.78, 5) is 3.41. The molecule has 1 aromatic carbocycles. The molecular weight excluding hydrogens is 184 g/mol. The van der Waals surface area contributed by atoms with Crippen LogP contribution in [-0.2, 0) is 0 Å². The van der Waals surface area contributed by atoms with Gasteiger partial charge < -0.3 is 10.7 Å². The van der Waals surface area contributed by atoms with Gasteiger partial charge in [0.1, 0.15) is 0 Å². The van der Waals surface area contributed by atoms with Crippen LogP contribution in [0.2, 0.25) is 0 Å². The van der Waals surface area contributed by atoms with Crippen molar-refractivity contribution in [2.24, 2.45) is 11.7 Å². The van der Waals surface area contributed by atoms with Gasteiger partial charge in [-0.1, -0.05) is 18.2 Å². The number of rotatable bonds is 2. The number of H-pyrrole nitrogens is 1. The number of nitrogens with two attached hydrogens (primary N) is 1. The standard InChI is InChI=1S/C13H16N2/c1-8-12(13(14)9-6-7-9)10-4-2-3-5-11(10)15-8/h2-5,9,13,15H,6-7,14H2,1H3/t13-/m1/s1. The van der Waals surface area contributed by atoms with Crippen LogP contribution in [0.15, 0.2) is 24.3 Å². The zero-order valence-corrected chi connectivity index (χ0v) is 8.96. The van der Waals surface area contributed by atoms with Crippen LogP contribution < -0.4 is 5.73 Å².